The van der Waals surface area contributed by atoms with E-state index in [9.17, 15) is 9.59 Å². The Balaban J connectivity index is 1.79. The number of fused-ring (bicyclic) bond motifs is 1. The number of amides is 2. The summed E-state index contributed by atoms with van der Waals surface area (Å²) in [5.41, 5.74) is 2.01. The molecule has 0 saturated heterocycles. The van der Waals surface area contributed by atoms with Crippen molar-refractivity contribution in [1.82, 2.24) is 10.3 Å². The highest BCUT2D eigenvalue weighted by atomic mass is 16.6. The monoisotopic (exact) mass is 399 g/mol. The van der Waals surface area contributed by atoms with Crippen molar-refractivity contribution in [2.75, 3.05) is 18.6 Å². The third-order valence-corrected chi connectivity index (χ3v) is 4.66. The van der Waals surface area contributed by atoms with E-state index < -0.39 is 18.2 Å². The Kier molecular flexibility index (Phi) is 6.54. The number of aromatic nitrogens is 1. The van der Waals surface area contributed by atoms with Crippen LogP contribution in [0.4, 0.5) is 15.3 Å². The lowest BCUT2D eigenvalue weighted by Gasteiger charge is -2.37. The Morgan fingerprint density at radius 3 is 2.62 bits per heavy atom. The number of hydrogen-bond acceptors (Lipinski definition) is 6. The summed E-state index contributed by atoms with van der Waals surface area (Å²) in [7, 11) is 1.51. The molecule has 0 bridgehead atoms. The Bertz CT molecular complexity index is 859. The molecule has 2 atom stereocenters. The first-order valence-corrected chi connectivity index (χ1v) is 9.51. The van der Waals surface area contributed by atoms with Crippen LogP contribution in [0.3, 0.4) is 0 Å². The molecule has 29 heavy (non-hydrogen) atoms. The van der Waals surface area contributed by atoms with Crippen molar-refractivity contribution in [1.29, 1.82) is 0 Å². The van der Waals surface area contributed by atoms with E-state index >= 15 is 0 Å². The van der Waals surface area contributed by atoms with Gasteiger partial charge in [-0.1, -0.05) is 30.3 Å². The zero-order chi connectivity index (χ0) is 20.8. The Labute approximate surface area is 169 Å². The highest BCUT2D eigenvalue weighted by Crippen LogP contribution is 2.37. The van der Waals surface area contributed by atoms with E-state index in [1.54, 1.807) is 24.0 Å². The molecule has 0 unspecified atom stereocenters. The first kappa shape index (κ1) is 20.4. The van der Waals surface area contributed by atoms with E-state index in [0.717, 1.165) is 5.56 Å². The average molecular weight is 399 g/mol. The van der Waals surface area contributed by atoms with E-state index in [1.807, 2.05) is 37.3 Å². The molecule has 1 N–H and O–H groups in total. The van der Waals surface area contributed by atoms with Crippen LogP contribution in [0.1, 0.15) is 37.6 Å². The van der Waals surface area contributed by atoms with Gasteiger partial charge in [-0.15, -0.1) is 0 Å². The summed E-state index contributed by atoms with van der Waals surface area (Å²) in [4.78, 5) is 30.8. The summed E-state index contributed by atoms with van der Waals surface area (Å²) in [5.74, 6) is 0.395. The van der Waals surface area contributed by atoms with Crippen molar-refractivity contribution in [2.24, 2.45) is 0 Å². The van der Waals surface area contributed by atoms with Gasteiger partial charge < -0.3 is 19.5 Å². The molecule has 0 fully saturated rings. The number of nitrogens with one attached hydrogen (secondary N) is 1. The van der Waals surface area contributed by atoms with Crippen molar-refractivity contribution in [3.63, 3.8) is 0 Å². The number of ether oxygens (including phenoxy) is 3. The number of benzene rings is 1. The van der Waals surface area contributed by atoms with Crippen molar-refractivity contribution >= 4 is 17.9 Å². The molecule has 1 aliphatic heterocycles. The molecule has 8 nitrogen and oxygen atoms in total. The summed E-state index contributed by atoms with van der Waals surface area (Å²) in [5, 5.41) is 2.86. The molecule has 1 aliphatic rings. The molecule has 0 radical (unpaired) electrons. The molecule has 2 aromatic rings. The van der Waals surface area contributed by atoms with E-state index in [2.05, 4.69) is 10.3 Å². The maximum atomic E-state index is 12.4. The van der Waals surface area contributed by atoms with Gasteiger partial charge in [0, 0.05) is 12.1 Å². The maximum absolute atomic E-state index is 12.4. The summed E-state index contributed by atoms with van der Waals surface area (Å²) in [6.07, 6.45) is -0.531. The number of hydrogen-bond donors (Lipinski definition) is 1. The molecular formula is C21H25N3O5. The van der Waals surface area contributed by atoms with Gasteiger partial charge in [0.25, 0.3) is 0 Å². The largest absolute Gasteiger partial charge is 0.481 e. The number of anilines is 1. The molecule has 3 rings (SSSR count). The van der Waals surface area contributed by atoms with Crippen molar-refractivity contribution in [3.8, 4) is 5.88 Å². The van der Waals surface area contributed by atoms with E-state index in [0.29, 0.717) is 23.7 Å². The van der Waals surface area contributed by atoms with Gasteiger partial charge in [0.15, 0.2) is 0 Å². The van der Waals surface area contributed by atoms with Crippen LogP contribution in [0.25, 0.3) is 0 Å². The fourth-order valence-corrected chi connectivity index (χ4v) is 3.32. The molecule has 2 amide bonds. The first-order chi connectivity index (χ1) is 14.0. The van der Waals surface area contributed by atoms with Crippen LogP contribution in [-0.4, -0.2) is 36.9 Å². The number of methoxy groups -OCH3 is 1. The van der Waals surface area contributed by atoms with Gasteiger partial charge in [-0.25, -0.2) is 14.6 Å². The van der Waals surface area contributed by atoms with E-state index in [1.165, 1.54) is 7.11 Å². The maximum Gasteiger partial charge on any atom is 0.414 e. The van der Waals surface area contributed by atoms with Crippen LogP contribution < -0.4 is 15.0 Å². The quantitative estimate of drug-likeness (QED) is 0.822. The van der Waals surface area contributed by atoms with Gasteiger partial charge >= 0.3 is 12.2 Å². The molecule has 0 saturated carbocycles. The van der Waals surface area contributed by atoms with Crippen LogP contribution >= 0.6 is 0 Å². The number of rotatable bonds is 5. The van der Waals surface area contributed by atoms with Crippen molar-refractivity contribution in [2.45, 2.75) is 39.0 Å². The third kappa shape index (κ3) is 4.77. The number of carbonyl (C=O) groups is 2. The second-order valence-corrected chi connectivity index (χ2v) is 6.67. The van der Waals surface area contributed by atoms with Crippen LogP contribution in [-0.2, 0) is 16.1 Å². The number of alkyl carbamates (subject to hydrolysis) is 1. The predicted octanol–water partition coefficient (Wildman–Crippen LogP) is 3.81. The topological polar surface area (TPSA) is 90.0 Å². The number of pyridine rings is 1. The lowest BCUT2D eigenvalue weighted by atomic mass is 9.96. The fraction of sp³-hybridized carbons (Fsp3) is 0.381. The Morgan fingerprint density at radius 2 is 1.93 bits per heavy atom. The average Bonchev–Trinajstić information content (AvgIpc) is 2.73. The molecule has 2 heterocycles. The van der Waals surface area contributed by atoms with E-state index in [4.69, 9.17) is 14.2 Å². The molecule has 0 aliphatic carbocycles. The molecular weight excluding hydrogens is 374 g/mol. The molecule has 154 valence electrons. The highest BCUT2D eigenvalue weighted by molar-refractivity contribution is 5.90. The molecule has 1 aromatic carbocycles. The fourth-order valence-electron chi connectivity index (χ4n) is 3.32. The van der Waals surface area contributed by atoms with Crippen molar-refractivity contribution in [3.05, 3.63) is 53.7 Å². The Morgan fingerprint density at radius 1 is 1.17 bits per heavy atom. The minimum Gasteiger partial charge on any atom is -0.481 e. The van der Waals surface area contributed by atoms with Crippen molar-refractivity contribution < 1.29 is 23.8 Å². The highest BCUT2D eigenvalue weighted by Gasteiger charge is 2.37. The third-order valence-electron chi connectivity index (χ3n) is 4.66. The first-order valence-electron chi connectivity index (χ1n) is 9.51. The van der Waals surface area contributed by atoms with E-state index in [-0.39, 0.29) is 19.3 Å². The number of nitrogens with zero attached hydrogens (tertiary/aromatic N) is 2. The zero-order valence-electron chi connectivity index (χ0n) is 16.8. The van der Waals surface area contributed by atoms with Gasteiger partial charge in [-0.05, 0) is 31.9 Å². The second-order valence-electron chi connectivity index (χ2n) is 6.67. The molecule has 8 heteroatoms. The van der Waals surface area contributed by atoms with Gasteiger partial charge in [-0.2, -0.15) is 0 Å². The normalized spacial score (nSPS) is 17.8. The smallest absolute Gasteiger partial charge is 0.414 e. The molecule has 0 spiro atoms. The van der Waals surface area contributed by atoms with Gasteiger partial charge in [0.05, 0.1) is 31.1 Å². The van der Waals surface area contributed by atoms with Gasteiger partial charge in [0.2, 0.25) is 5.88 Å². The SMILES string of the molecule is CCOC(=O)N1c2ccc(OC)nc2[C@@H](NC(=O)OCc2ccccc2)C[C@H]1C. The van der Waals surface area contributed by atoms with Gasteiger partial charge in [-0.3, -0.25) is 4.90 Å². The summed E-state index contributed by atoms with van der Waals surface area (Å²) < 4.78 is 15.7. The van der Waals surface area contributed by atoms with Crippen LogP contribution in [0, 0.1) is 0 Å². The minimum atomic E-state index is -0.550. The van der Waals surface area contributed by atoms with Crippen LogP contribution in [0.2, 0.25) is 0 Å². The van der Waals surface area contributed by atoms with Gasteiger partial charge in [0.1, 0.15) is 6.61 Å². The predicted molar refractivity (Wildman–Crippen MR) is 107 cm³/mol. The second kappa shape index (κ2) is 9.27. The van der Waals surface area contributed by atoms with Crippen LogP contribution in [0.15, 0.2) is 42.5 Å². The lowest BCUT2D eigenvalue weighted by molar-refractivity contribution is 0.133. The minimum absolute atomic E-state index is 0.169. The standard InChI is InChI=1S/C21H25N3O5/c1-4-28-21(26)24-14(2)12-16(19-17(24)10-11-18(23-19)27-3)22-20(25)29-13-15-8-6-5-7-9-15/h5-11,14,16H,4,12-13H2,1-3H3,(H,22,25)/t14-,16+/m1/s1. The summed E-state index contributed by atoms with van der Waals surface area (Å²) in [6.45, 7) is 4.09. The zero-order valence-corrected chi connectivity index (χ0v) is 16.8. The summed E-state index contributed by atoms with van der Waals surface area (Å²) >= 11 is 0. The summed E-state index contributed by atoms with van der Waals surface area (Å²) in [6, 6.07) is 12.2. The van der Waals surface area contributed by atoms with Crippen LogP contribution in [0.5, 0.6) is 5.88 Å². The number of carbonyl (C=O) groups excluding carboxylic acids is 2. The Hall–Kier alpha value is -3.29. The lowest BCUT2D eigenvalue weighted by Crippen LogP contribution is -2.47. The molecule has 1 aromatic heterocycles.